The van der Waals surface area contributed by atoms with Gasteiger partial charge in [-0.05, 0) is 82.9 Å². The second-order valence-electron chi connectivity index (χ2n) is 14.3. The molecule has 0 aromatic heterocycles. The molecule has 9 rings (SSSR count). The van der Waals surface area contributed by atoms with E-state index < -0.39 is 12.0 Å². The molecule has 0 heterocycles. The number of aryl methyl sites for hydroxylation is 1. The highest BCUT2D eigenvalue weighted by atomic mass is 35.5. The lowest BCUT2D eigenvalue weighted by atomic mass is 9.95. The van der Waals surface area contributed by atoms with E-state index in [4.69, 9.17) is 22.3 Å². The largest absolute Gasteiger partial charge is 0.505 e. The number of rotatable bonds is 9. The van der Waals surface area contributed by atoms with Gasteiger partial charge < -0.3 is 15.5 Å². The fourth-order valence-corrected chi connectivity index (χ4v) is 7.73. The molecule has 1 amide bonds. The zero-order valence-corrected chi connectivity index (χ0v) is 32.6. The van der Waals surface area contributed by atoms with Gasteiger partial charge in [0.25, 0.3) is 5.91 Å². The van der Waals surface area contributed by atoms with Crippen LogP contribution in [0.25, 0.3) is 32.7 Å². The van der Waals surface area contributed by atoms with Crippen molar-refractivity contribution < 1.29 is 24.6 Å². The van der Waals surface area contributed by atoms with Crippen molar-refractivity contribution in [2.45, 2.75) is 13.0 Å². The van der Waals surface area contributed by atoms with Gasteiger partial charge in [0.15, 0.2) is 11.5 Å². The van der Waals surface area contributed by atoms with Crippen LogP contribution >= 0.6 is 11.6 Å². The number of aromatic hydroxyl groups is 2. The fourth-order valence-electron chi connectivity index (χ4n) is 7.54. The summed E-state index contributed by atoms with van der Waals surface area (Å²) in [6.45, 7) is 1.96. The Morgan fingerprint density at radius 1 is 0.650 bits per heavy atom. The van der Waals surface area contributed by atoms with E-state index in [9.17, 15) is 19.8 Å². The normalized spacial score (nSPS) is 12.7. The van der Waals surface area contributed by atoms with Crippen LogP contribution in [0.3, 0.4) is 0 Å². The summed E-state index contributed by atoms with van der Waals surface area (Å²) < 4.78 is 0. The predicted molar refractivity (Wildman–Crippen MR) is 233 cm³/mol. The van der Waals surface area contributed by atoms with Crippen LogP contribution in [0.5, 0.6) is 11.5 Å². The molecular formula is C48H33ClN6O5. The van der Waals surface area contributed by atoms with Gasteiger partial charge in [0, 0.05) is 27.5 Å². The van der Waals surface area contributed by atoms with Crippen molar-refractivity contribution >= 4 is 73.3 Å². The number of ketones is 1. The predicted octanol–water partition coefficient (Wildman–Crippen LogP) is 12.6. The van der Waals surface area contributed by atoms with Crippen molar-refractivity contribution in [2.75, 3.05) is 5.32 Å². The molecular weight excluding hydrogens is 776 g/mol. The number of phenols is 2. The summed E-state index contributed by atoms with van der Waals surface area (Å²) in [4.78, 5) is 32.7. The first-order valence-electron chi connectivity index (χ1n) is 18.8. The van der Waals surface area contributed by atoms with Crippen LogP contribution in [0, 0.1) is 6.92 Å². The van der Waals surface area contributed by atoms with E-state index in [1.807, 2.05) is 73.7 Å². The molecule has 1 aliphatic carbocycles. The average molecular weight is 809 g/mol. The van der Waals surface area contributed by atoms with E-state index >= 15 is 0 Å². The number of nitrogens with one attached hydrogen (secondary N) is 1. The second kappa shape index (κ2) is 15.6. The Balaban J connectivity index is 1.01. The molecule has 0 saturated heterocycles. The van der Waals surface area contributed by atoms with Gasteiger partial charge in [-0.1, -0.05) is 114 Å². The second-order valence-corrected chi connectivity index (χ2v) is 14.7. The van der Waals surface area contributed by atoms with Crippen molar-refractivity contribution in [1.82, 2.24) is 0 Å². The summed E-state index contributed by atoms with van der Waals surface area (Å²) in [5.74, 6) is 4.50. The van der Waals surface area contributed by atoms with Crippen LogP contribution in [0.15, 0.2) is 166 Å². The van der Waals surface area contributed by atoms with E-state index in [0.717, 1.165) is 22.1 Å². The van der Waals surface area contributed by atoms with E-state index in [-0.39, 0.29) is 34.2 Å². The molecule has 1 aliphatic rings. The standard InChI is InChI=1S/C48H33ClN6O5/c1-26-9-8-12-29(21-26)47(60-50)38-22-27-10-2-4-13-32(27)42(45(38)57)54-52-30-17-19-34-35-20-18-31(25-37(35)44(56)36(34)24-30)53-55-43-33-14-5-3-11-28(33)23-39(46(43)58)48(59)51-41-16-7-6-15-40(41)49/h2-25,47,57-58H,50H2,1H3,(H,51,59). The molecule has 0 spiro atoms. The molecule has 8 aromatic carbocycles. The van der Waals surface area contributed by atoms with Crippen LogP contribution < -0.4 is 11.2 Å². The average Bonchev–Trinajstić information content (AvgIpc) is 3.53. The summed E-state index contributed by atoms with van der Waals surface area (Å²) >= 11 is 6.27. The van der Waals surface area contributed by atoms with Crippen molar-refractivity contribution in [2.24, 2.45) is 26.4 Å². The smallest absolute Gasteiger partial charge is 0.259 e. The highest BCUT2D eigenvalue weighted by molar-refractivity contribution is 6.34. The minimum Gasteiger partial charge on any atom is -0.505 e. The molecule has 292 valence electrons. The molecule has 1 unspecified atom stereocenters. The molecule has 12 heteroatoms. The number of nitrogens with two attached hydrogens (primary N) is 1. The lowest BCUT2D eigenvalue weighted by molar-refractivity contribution is 0.0797. The third-order valence-electron chi connectivity index (χ3n) is 10.5. The summed E-state index contributed by atoms with van der Waals surface area (Å²) in [5.41, 5.74) is 5.93. The molecule has 0 radical (unpaired) electrons. The zero-order chi connectivity index (χ0) is 41.5. The van der Waals surface area contributed by atoms with E-state index in [1.54, 1.807) is 78.9 Å². The minimum atomic E-state index is -0.772. The topological polar surface area (TPSA) is 171 Å². The molecule has 5 N–H and O–H groups in total. The molecule has 1 atom stereocenters. The van der Waals surface area contributed by atoms with Crippen molar-refractivity contribution in [3.05, 3.63) is 184 Å². The Morgan fingerprint density at radius 3 is 1.85 bits per heavy atom. The number of fused-ring (bicyclic) bond motifs is 5. The Morgan fingerprint density at radius 2 is 1.23 bits per heavy atom. The summed E-state index contributed by atoms with van der Waals surface area (Å²) in [7, 11) is 0. The van der Waals surface area contributed by atoms with Gasteiger partial charge in [0.05, 0.1) is 27.6 Å². The van der Waals surface area contributed by atoms with Crippen LogP contribution in [-0.2, 0) is 4.84 Å². The molecule has 0 saturated carbocycles. The molecule has 11 nitrogen and oxygen atoms in total. The van der Waals surface area contributed by atoms with Crippen molar-refractivity contribution in [3.63, 3.8) is 0 Å². The number of phenolic OH excluding ortho intramolecular Hbond substituents is 2. The highest BCUT2D eigenvalue weighted by Gasteiger charge is 2.28. The van der Waals surface area contributed by atoms with Gasteiger partial charge in [-0.15, -0.1) is 10.2 Å². The molecule has 0 fully saturated rings. The number of hydrogen-bond acceptors (Lipinski definition) is 10. The first-order valence-corrected chi connectivity index (χ1v) is 19.2. The molecule has 0 bridgehead atoms. The maximum absolute atomic E-state index is 13.9. The van der Waals surface area contributed by atoms with Crippen molar-refractivity contribution in [1.29, 1.82) is 0 Å². The van der Waals surface area contributed by atoms with Crippen molar-refractivity contribution in [3.8, 4) is 22.6 Å². The number of amides is 1. The number of para-hydroxylation sites is 1. The molecule has 8 aromatic rings. The highest BCUT2D eigenvalue weighted by Crippen LogP contribution is 2.46. The van der Waals surface area contributed by atoms with Crippen LogP contribution in [0.4, 0.5) is 28.4 Å². The Hall–Kier alpha value is -7.57. The maximum Gasteiger partial charge on any atom is 0.259 e. The minimum absolute atomic E-state index is 0.0118. The third kappa shape index (κ3) is 6.92. The molecule has 0 aliphatic heterocycles. The van der Waals surface area contributed by atoms with E-state index in [1.165, 1.54) is 0 Å². The number of azo groups is 2. The summed E-state index contributed by atoms with van der Waals surface area (Å²) in [5, 5.41) is 46.6. The van der Waals surface area contributed by atoms with Gasteiger partial charge in [0.2, 0.25) is 0 Å². The summed E-state index contributed by atoms with van der Waals surface area (Å²) in [6, 6.07) is 42.9. The SMILES string of the molecule is Cc1cccc(C(ON)c2cc3ccccc3c(N=Nc3ccc4c(c3)C(=O)c3cc(N=Nc5c(O)c(C(=O)Nc6ccccc6Cl)cc6ccccc56)ccc3-4)c2O)c1. The van der Waals surface area contributed by atoms with E-state index in [2.05, 4.69) is 25.8 Å². The number of hydrogen-bond donors (Lipinski definition) is 4. The lowest BCUT2D eigenvalue weighted by Gasteiger charge is -2.19. The Kier molecular flexibility index (Phi) is 9.90. The number of carbonyl (C=O) groups is 2. The maximum atomic E-state index is 13.9. The Labute approximate surface area is 348 Å². The first kappa shape index (κ1) is 38.0. The van der Waals surface area contributed by atoms with Gasteiger partial charge in [-0.3, -0.25) is 14.4 Å². The van der Waals surface area contributed by atoms with Gasteiger partial charge in [-0.2, -0.15) is 10.2 Å². The number of carbonyl (C=O) groups excluding carboxylic acids is 2. The van der Waals surface area contributed by atoms with Gasteiger partial charge in [0.1, 0.15) is 23.2 Å². The monoisotopic (exact) mass is 808 g/mol. The van der Waals surface area contributed by atoms with Crippen LogP contribution in [-0.4, -0.2) is 21.9 Å². The Bertz CT molecular complexity index is 3130. The van der Waals surface area contributed by atoms with Gasteiger partial charge >= 0.3 is 0 Å². The lowest BCUT2D eigenvalue weighted by Crippen LogP contribution is -2.12. The fraction of sp³-hybridized carbons (Fsp3) is 0.0417. The van der Waals surface area contributed by atoms with Gasteiger partial charge in [-0.25, -0.2) is 5.90 Å². The number of benzene rings is 8. The van der Waals surface area contributed by atoms with Crippen LogP contribution in [0.2, 0.25) is 5.02 Å². The zero-order valence-electron chi connectivity index (χ0n) is 31.8. The van der Waals surface area contributed by atoms with Crippen LogP contribution in [0.1, 0.15) is 49.1 Å². The quantitative estimate of drug-likeness (QED) is 0.0834. The third-order valence-corrected chi connectivity index (χ3v) is 10.8. The first-order chi connectivity index (χ1) is 29.2. The molecule has 60 heavy (non-hydrogen) atoms. The number of nitrogens with zero attached hydrogens (tertiary/aromatic N) is 4. The number of anilines is 1. The van der Waals surface area contributed by atoms with E-state index in [0.29, 0.717) is 60.5 Å². The number of halogens is 1. The summed E-state index contributed by atoms with van der Waals surface area (Å²) in [6.07, 6.45) is -0.772.